The second-order valence-electron chi connectivity index (χ2n) is 7.22. The van der Waals surface area contributed by atoms with Crippen molar-refractivity contribution in [2.45, 2.75) is 32.3 Å². The number of rotatable bonds is 7. The number of nitrogens with zero attached hydrogens (tertiary/aromatic N) is 1. The first-order valence-electron chi connectivity index (χ1n) is 9.33. The highest BCUT2D eigenvalue weighted by Gasteiger charge is 2.21. The van der Waals surface area contributed by atoms with Crippen LogP contribution in [0.15, 0.2) is 54.6 Å². The van der Waals surface area contributed by atoms with Crippen LogP contribution in [0, 0.1) is 12.8 Å². The molecule has 2 aromatic rings. The van der Waals surface area contributed by atoms with Crippen LogP contribution in [0.1, 0.15) is 24.0 Å². The van der Waals surface area contributed by atoms with Crippen LogP contribution in [0.4, 0.5) is 0 Å². The predicted molar refractivity (Wildman–Crippen MR) is 109 cm³/mol. The number of aliphatic hydroxyl groups excluding tert-OH is 1. The summed E-state index contributed by atoms with van der Waals surface area (Å²) < 4.78 is 5.71. The van der Waals surface area contributed by atoms with Crippen LogP contribution in [0.2, 0.25) is 0 Å². The van der Waals surface area contributed by atoms with E-state index in [0.29, 0.717) is 13.2 Å². The van der Waals surface area contributed by atoms with Gasteiger partial charge in [0.05, 0.1) is 0 Å². The Morgan fingerprint density at radius 2 is 1.81 bits per heavy atom. The molecular weight excluding hydrogens is 346 g/mol. The molecule has 2 aromatic carbocycles. The summed E-state index contributed by atoms with van der Waals surface area (Å²) in [4.78, 5) is 2.37. The minimum atomic E-state index is -0.439. The van der Waals surface area contributed by atoms with Gasteiger partial charge < -0.3 is 14.7 Å². The first kappa shape index (κ1) is 20.8. The maximum Gasteiger partial charge on any atom is 0.119 e. The molecule has 1 atom stereocenters. The van der Waals surface area contributed by atoms with Gasteiger partial charge in [0.1, 0.15) is 18.5 Å². The molecule has 1 fully saturated rings. The van der Waals surface area contributed by atoms with Crippen molar-refractivity contribution in [3.63, 3.8) is 0 Å². The topological polar surface area (TPSA) is 32.7 Å². The summed E-state index contributed by atoms with van der Waals surface area (Å²) >= 11 is 0. The third-order valence-corrected chi connectivity index (χ3v) is 4.98. The fourth-order valence-electron chi connectivity index (χ4n) is 3.57. The van der Waals surface area contributed by atoms with E-state index in [0.717, 1.165) is 24.8 Å². The smallest absolute Gasteiger partial charge is 0.119 e. The quantitative estimate of drug-likeness (QED) is 0.790. The number of benzene rings is 2. The Kier molecular flexibility index (Phi) is 8.43. The number of hydrogen-bond donors (Lipinski definition) is 1. The lowest BCUT2D eigenvalue weighted by molar-refractivity contribution is 0.0550. The first-order valence-corrected chi connectivity index (χ1v) is 9.33. The Hall–Kier alpha value is -1.55. The number of hydrogen-bond acceptors (Lipinski definition) is 3. The van der Waals surface area contributed by atoms with Crippen molar-refractivity contribution < 1.29 is 9.84 Å². The lowest BCUT2D eigenvalue weighted by Crippen LogP contribution is -2.41. The van der Waals surface area contributed by atoms with Crippen molar-refractivity contribution in [2.75, 3.05) is 26.2 Å². The van der Waals surface area contributed by atoms with E-state index in [-0.39, 0.29) is 12.4 Å². The molecular formula is C22H30ClNO2. The van der Waals surface area contributed by atoms with Crippen molar-refractivity contribution >= 4 is 12.4 Å². The predicted octanol–water partition coefficient (Wildman–Crippen LogP) is 4.11. The number of aliphatic hydroxyl groups is 1. The van der Waals surface area contributed by atoms with Gasteiger partial charge in [-0.05, 0) is 68.5 Å². The molecule has 0 aliphatic carbocycles. The maximum atomic E-state index is 10.3. The van der Waals surface area contributed by atoms with Crippen molar-refractivity contribution in [2.24, 2.45) is 5.92 Å². The second-order valence-corrected chi connectivity index (χ2v) is 7.22. The van der Waals surface area contributed by atoms with Gasteiger partial charge in [0.25, 0.3) is 0 Å². The Labute approximate surface area is 163 Å². The molecule has 1 aliphatic heterocycles. The fourth-order valence-corrected chi connectivity index (χ4v) is 3.57. The normalized spacial score (nSPS) is 16.7. The number of likely N-dealkylation sites (tertiary alicyclic amines) is 1. The summed E-state index contributed by atoms with van der Waals surface area (Å²) in [6.45, 7) is 5.23. The molecule has 3 rings (SSSR count). The highest BCUT2D eigenvalue weighted by atomic mass is 35.5. The van der Waals surface area contributed by atoms with Gasteiger partial charge in [-0.3, -0.25) is 0 Å². The maximum absolute atomic E-state index is 10.3. The van der Waals surface area contributed by atoms with Gasteiger partial charge in [0.2, 0.25) is 0 Å². The average Bonchev–Trinajstić information content (AvgIpc) is 2.63. The monoisotopic (exact) mass is 375 g/mol. The molecule has 3 nitrogen and oxygen atoms in total. The van der Waals surface area contributed by atoms with E-state index in [1.807, 2.05) is 31.2 Å². The van der Waals surface area contributed by atoms with Crippen LogP contribution in [0.5, 0.6) is 5.75 Å². The van der Waals surface area contributed by atoms with Crippen LogP contribution < -0.4 is 4.74 Å². The number of ether oxygens (including phenoxy) is 1. The summed E-state index contributed by atoms with van der Waals surface area (Å²) in [5, 5.41) is 10.3. The molecule has 0 aromatic heterocycles. The minimum absolute atomic E-state index is 0. The van der Waals surface area contributed by atoms with Crippen LogP contribution in [-0.2, 0) is 6.42 Å². The molecule has 0 amide bonds. The molecule has 0 radical (unpaired) electrons. The van der Waals surface area contributed by atoms with Crippen molar-refractivity contribution in [1.82, 2.24) is 4.90 Å². The van der Waals surface area contributed by atoms with Crippen molar-refractivity contribution in [3.05, 3.63) is 65.7 Å². The molecule has 0 spiro atoms. The zero-order chi connectivity index (χ0) is 17.5. The molecule has 1 aliphatic rings. The Balaban J connectivity index is 0.00000243. The molecule has 1 saturated heterocycles. The van der Waals surface area contributed by atoms with E-state index >= 15 is 0 Å². The van der Waals surface area contributed by atoms with Gasteiger partial charge in [-0.1, -0.05) is 42.5 Å². The highest BCUT2D eigenvalue weighted by Crippen LogP contribution is 2.22. The number of aryl methyl sites for hydroxylation is 1. The Bertz CT molecular complexity index is 642. The number of halogens is 1. The molecule has 1 N–H and O–H groups in total. The Morgan fingerprint density at radius 1 is 1.08 bits per heavy atom. The summed E-state index contributed by atoms with van der Waals surface area (Å²) in [6, 6.07) is 18.7. The lowest BCUT2D eigenvalue weighted by Gasteiger charge is -2.33. The van der Waals surface area contributed by atoms with E-state index in [4.69, 9.17) is 4.74 Å². The van der Waals surface area contributed by atoms with E-state index in [1.54, 1.807) is 0 Å². The molecule has 142 valence electrons. The third kappa shape index (κ3) is 6.64. The zero-order valence-corrected chi connectivity index (χ0v) is 16.3. The molecule has 4 heteroatoms. The van der Waals surface area contributed by atoms with Gasteiger partial charge in [-0.15, -0.1) is 12.4 Å². The second kappa shape index (κ2) is 10.6. The van der Waals surface area contributed by atoms with Crippen molar-refractivity contribution in [3.8, 4) is 5.75 Å². The van der Waals surface area contributed by atoms with Crippen LogP contribution >= 0.6 is 12.4 Å². The molecule has 1 unspecified atom stereocenters. The zero-order valence-electron chi connectivity index (χ0n) is 15.5. The van der Waals surface area contributed by atoms with Gasteiger partial charge in [-0.2, -0.15) is 0 Å². The number of piperidine rings is 1. The average molecular weight is 376 g/mol. The summed E-state index contributed by atoms with van der Waals surface area (Å²) in [6.07, 6.45) is 3.15. The standard InChI is InChI=1S/C22H29NO2.ClH/c1-18-6-5-9-22(14-18)25-17-21(24)16-23-12-10-20(11-13-23)15-19-7-3-2-4-8-19;/h2-9,14,20-21,24H,10-13,15-17H2,1H3;1H. The van der Waals surface area contributed by atoms with E-state index in [9.17, 15) is 5.11 Å². The first-order chi connectivity index (χ1) is 12.2. The minimum Gasteiger partial charge on any atom is -0.491 e. The van der Waals surface area contributed by atoms with Crippen LogP contribution in [0.25, 0.3) is 0 Å². The van der Waals surface area contributed by atoms with E-state index < -0.39 is 6.10 Å². The number of β-amino-alcohol motifs (C(OH)–C–C–N with tert-alkyl or cyclic N) is 1. The summed E-state index contributed by atoms with van der Waals surface area (Å²) in [5.74, 6) is 1.60. The van der Waals surface area contributed by atoms with E-state index in [1.165, 1.54) is 30.4 Å². The molecule has 1 heterocycles. The third-order valence-electron chi connectivity index (χ3n) is 4.98. The Morgan fingerprint density at radius 3 is 2.50 bits per heavy atom. The largest absolute Gasteiger partial charge is 0.491 e. The summed E-state index contributed by atoms with van der Waals surface area (Å²) in [5.41, 5.74) is 2.61. The molecule has 0 saturated carbocycles. The van der Waals surface area contributed by atoms with Gasteiger partial charge in [-0.25, -0.2) is 0 Å². The fraction of sp³-hybridized carbons (Fsp3) is 0.455. The van der Waals surface area contributed by atoms with E-state index in [2.05, 4.69) is 35.2 Å². The SMILES string of the molecule is Cc1cccc(OCC(O)CN2CCC(Cc3ccccc3)CC2)c1.Cl. The highest BCUT2D eigenvalue weighted by molar-refractivity contribution is 5.85. The van der Waals surface area contributed by atoms with Gasteiger partial charge in [0, 0.05) is 6.54 Å². The van der Waals surface area contributed by atoms with Gasteiger partial charge >= 0.3 is 0 Å². The van der Waals surface area contributed by atoms with Crippen LogP contribution in [0.3, 0.4) is 0 Å². The van der Waals surface area contributed by atoms with Crippen LogP contribution in [-0.4, -0.2) is 42.4 Å². The molecule has 26 heavy (non-hydrogen) atoms. The van der Waals surface area contributed by atoms with Crippen molar-refractivity contribution in [1.29, 1.82) is 0 Å². The summed E-state index contributed by atoms with van der Waals surface area (Å²) in [7, 11) is 0. The molecule has 0 bridgehead atoms. The van der Waals surface area contributed by atoms with Gasteiger partial charge in [0.15, 0.2) is 0 Å². The lowest BCUT2D eigenvalue weighted by atomic mass is 9.90.